The molecule has 0 aromatic heterocycles. The molecule has 0 fully saturated rings. The summed E-state index contributed by atoms with van der Waals surface area (Å²) in [6, 6.07) is 5.32. The van der Waals surface area contributed by atoms with E-state index in [2.05, 4.69) is 4.72 Å². The van der Waals surface area contributed by atoms with Crippen molar-refractivity contribution in [3.8, 4) is 11.5 Å². The second-order valence-electron chi connectivity index (χ2n) is 4.53. The molecule has 108 valence electrons. The molecule has 0 amide bonds. The Bertz CT molecular complexity index is 511. The van der Waals surface area contributed by atoms with Crippen LogP contribution >= 0.6 is 0 Å². The lowest BCUT2D eigenvalue weighted by atomic mass is 10.1. The molecule has 0 bridgehead atoms. The smallest absolute Gasteiger partial charge is 0.212 e. The van der Waals surface area contributed by atoms with Gasteiger partial charge in [0.15, 0.2) is 11.5 Å². The van der Waals surface area contributed by atoms with Crippen LogP contribution in [0.4, 0.5) is 0 Å². The fourth-order valence-corrected chi connectivity index (χ4v) is 3.05. The van der Waals surface area contributed by atoms with Crippen LogP contribution in [0.25, 0.3) is 0 Å². The van der Waals surface area contributed by atoms with Crippen LogP contribution in [0, 0.1) is 0 Å². The predicted molar refractivity (Wildman–Crippen MR) is 75.3 cm³/mol. The van der Waals surface area contributed by atoms with Gasteiger partial charge in [-0.3, -0.25) is 0 Å². The Morgan fingerprint density at radius 2 is 1.79 bits per heavy atom. The number of methoxy groups -OCH3 is 2. The SMILES string of the molecule is COc1ccc(CCS(=O)(=O)NC(C)C)cc1OC. The number of benzene rings is 1. The molecule has 5 nitrogen and oxygen atoms in total. The number of hydrogen-bond acceptors (Lipinski definition) is 4. The number of hydrogen-bond donors (Lipinski definition) is 1. The highest BCUT2D eigenvalue weighted by Gasteiger charge is 2.13. The van der Waals surface area contributed by atoms with E-state index in [0.717, 1.165) is 5.56 Å². The summed E-state index contributed by atoms with van der Waals surface area (Å²) < 4.78 is 36.3. The topological polar surface area (TPSA) is 64.6 Å². The summed E-state index contributed by atoms with van der Waals surface area (Å²) in [5.41, 5.74) is 0.895. The van der Waals surface area contributed by atoms with Crippen LogP contribution in [0.3, 0.4) is 0 Å². The maximum Gasteiger partial charge on any atom is 0.212 e. The first kappa shape index (κ1) is 15.8. The first-order valence-corrected chi connectivity index (χ1v) is 7.74. The van der Waals surface area contributed by atoms with E-state index in [1.54, 1.807) is 40.2 Å². The zero-order valence-corrected chi connectivity index (χ0v) is 12.6. The quantitative estimate of drug-likeness (QED) is 0.827. The number of sulfonamides is 1. The zero-order valence-electron chi connectivity index (χ0n) is 11.8. The van der Waals surface area contributed by atoms with Crippen molar-refractivity contribution in [3.63, 3.8) is 0 Å². The molecule has 1 rings (SSSR count). The van der Waals surface area contributed by atoms with Crippen LogP contribution < -0.4 is 14.2 Å². The van der Waals surface area contributed by atoms with Gasteiger partial charge in [-0.15, -0.1) is 0 Å². The van der Waals surface area contributed by atoms with Gasteiger partial charge in [-0.05, 0) is 38.0 Å². The highest BCUT2D eigenvalue weighted by Crippen LogP contribution is 2.27. The second-order valence-corrected chi connectivity index (χ2v) is 6.40. The Labute approximate surface area is 115 Å². The summed E-state index contributed by atoms with van der Waals surface area (Å²) >= 11 is 0. The Morgan fingerprint density at radius 3 is 2.32 bits per heavy atom. The van der Waals surface area contributed by atoms with Crippen molar-refractivity contribution in [1.82, 2.24) is 4.72 Å². The Kier molecular flexibility index (Phi) is 5.62. The molecule has 1 aromatic rings. The van der Waals surface area contributed by atoms with Crippen molar-refractivity contribution < 1.29 is 17.9 Å². The average Bonchev–Trinajstić information content (AvgIpc) is 2.34. The number of rotatable bonds is 7. The molecule has 0 saturated carbocycles. The van der Waals surface area contributed by atoms with Gasteiger partial charge in [-0.1, -0.05) is 6.07 Å². The third kappa shape index (κ3) is 5.08. The van der Waals surface area contributed by atoms with Gasteiger partial charge in [-0.2, -0.15) is 0 Å². The van der Waals surface area contributed by atoms with Gasteiger partial charge < -0.3 is 9.47 Å². The van der Waals surface area contributed by atoms with Gasteiger partial charge in [0.1, 0.15) is 0 Å². The predicted octanol–water partition coefficient (Wildman–Crippen LogP) is 1.57. The average molecular weight is 287 g/mol. The summed E-state index contributed by atoms with van der Waals surface area (Å²) in [7, 11) is -0.118. The van der Waals surface area contributed by atoms with Gasteiger partial charge >= 0.3 is 0 Å². The van der Waals surface area contributed by atoms with Crippen LogP contribution in [0.15, 0.2) is 18.2 Å². The molecule has 0 radical (unpaired) electrons. The summed E-state index contributed by atoms with van der Waals surface area (Å²) in [6.07, 6.45) is 0.433. The third-order valence-electron chi connectivity index (χ3n) is 2.52. The second kappa shape index (κ2) is 6.77. The van der Waals surface area contributed by atoms with Gasteiger partial charge in [0, 0.05) is 6.04 Å². The molecule has 0 spiro atoms. The molecule has 0 heterocycles. The molecule has 1 aromatic carbocycles. The van der Waals surface area contributed by atoms with Crippen LogP contribution in [0.5, 0.6) is 11.5 Å². The molecular formula is C13H21NO4S. The maximum absolute atomic E-state index is 11.7. The Morgan fingerprint density at radius 1 is 1.16 bits per heavy atom. The molecule has 0 atom stereocenters. The standard InChI is InChI=1S/C13H21NO4S/c1-10(2)14-19(15,16)8-7-11-5-6-12(17-3)13(9-11)18-4/h5-6,9-10,14H,7-8H2,1-4H3. The molecular weight excluding hydrogens is 266 g/mol. The zero-order chi connectivity index (χ0) is 14.5. The minimum Gasteiger partial charge on any atom is -0.493 e. The van der Waals surface area contributed by atoms with Crippen molar-refractivity contribution in [1.29, 1.82) is 0 Å². The van der Waals surface area contributed by atoms with Crippen molar-refractivity contribution in [2.75, 3.05) is 20.0 Å². The summed E-state index contributed by atoms with van der Waals surface area (Å²) in [5.74, 6) is 1.30. The minimum absolute atomic E-state index is 0.0562. The van der Waals surface area contributed by atoms with Crippen LogP contribution in [0.1, 0.15) is 19.4 Å². The summed E-state index contributed by atoms with van der Waals surface area (Å²) in [6.45, 7) is 3.60. The summed E-state index contributed by atoms with van der Waals surface area (Å²) in [5, 5.41) is 0. The first-order valence-electron chi connectivity index (χ1n) is 6.09. The first-order chi connectivity index (χ1) is 8.88. The maximum atomic E-state index is 11.7. The van der Waals surface area contributed by atoms with Crippen molar-refractivity contribution in [2.24, 2.45) is 0 Å². The molecule has 1 N–H and O–H groups in total. The van der Waals surface area contributed by atoms with Gasteiger partial charge in [0.25, 0.3) is 0 Å². The summed E-state index contributed by atoms with van der Waals surface area (Å²) in [4.78, 5) is 0. The minimum atomic E-state index is -3.24. The van der Waals surface area contributed by atoms with E-state index >= 15 is 0 Å². The van der Waals surface area contributed by atoms with E-state index in [9.17, 15) is 8.42 Å². The van der Waals surface area contributed by atoms with E-state index in [1.807, 2.05) is 6.07 Å². The van der Waals surface area contributed by atoms with Crippen molar-refractivity contribution in [3.05, 3.63) is 23.8 Å². The number of nitrogens with one attached hydrogen (secondary N) is 1. The van der Waals surface area contributed by atoms with Crippen molar-refractivity contribution in [2.45, 2.75) is 26.3 Å². The largest absolute Gasteiger partial charge is 0.493 e. The molecule has 19 heavy (non-hydrogen) atoms. The highest BCUT2D eigenvalue weighted by atomic mass is 32.2. The fourth-order valence-electron chi connectivity index (χ4n) is 1.71. The number of ether oxygens (including phenoxy) is 2. The Hall–Kier alpha value is -1.27. The normalized spacial score (nSPS) is 11.6. The number of aryl methyl sites for hydroxylation is 1. The Balaban J connectivity index is 2.73. The lowest BCUT2D eigenvalue weighted by Crippen LogP contribution is -2.32. The van der Waals surface area contributed by atoms with E-state index in [1.165, 1.54) is 0 Å². The highest BCUT2D eigenvalue weighted by molar-refractivity contribution is 7.89. The van der Waals surface area contributed by atoms with E-state index in [0.29, 0.717) is 17.9 Å². The third-order valence-corrected chi connectivity index (χ3v) is 4.09. The lowest BCUT2D eigenvalue weighted by Gasteiger charge is -2.11. The van der Waals surface area contributed by atoms with Gasteiger partial charge in [-0.25, -0.2) is 13.1 Å². The molecule has 6 heteroatoms. The van der Waals surface area contributed by atoms with E-state index in [-0.39, 0.29) is 11.8 Å². The van der Waals surface area contributed by atoms with Crippen LogP contribution in [-0.2, 0) is 16.4 Å². The van der Waals surface area contributed by atoms with Crippen LogP contribution in [0.2, 0.25) is 0 Å². The molecule has 0 aliphatic carbocycles. The molecule has 0 unspecified atom stereocenters. The molecule has 0 saturated heterocycles. The van der Waals surface area contributed by atoms with Gasteiger partial charge in [0.2, 0.25) is 10.0 Å². The van der Waals surface area contributed by atoms with Gasteiger partial charge in [0.05, 0.1) is 20.0 Å². The van der Waals surface area contributed by atoms with E-state index in [4.69, 9.17) is 9.47 Å². The lowest BCUT2D eigenvalue weighted by molar-refractivity contribution is 0.354. The monoisotopic (exact) mass is 287 g/mol. The van der Waals surface area contributed by atoms with Crippen molar-refractivity contribution >= 4 is 10.0 Å². The molecule has 0 aliphatic heterocycles. The van der Waals surface area contributed by atoms with Crippen LogP contribution in [-0.4, -0.2) is 34.4 Å². The molecule has 0 aliphatic rings. The fraction of sp³-hybridized carbons (Fsp3) is 0.538. The van der Waals surface area contributed by atoms with E-state index < -0.39 is 10.0 Å².